The maximum absolute atomic E-state index is 13.7. The van der Waals surface area contributed by atoms with Gasteiger partial charge in [0.25, 0.3) is 11.8 Å². The fourth-order valence-corrected chi connectivity index (χ4v) is 4.36. The van der Waals surface area contributed by atoms with Gasteiger partial charge >= 0.3 is 23.9 Å². The summed E-state index contributed by atoms with van der Waals surface area (Å²) in [7, 11) is 0. The average molecular weight is 569 g/mol. The molecule has 1 fully saturated rings. The Labute approximate surface area is 233 Å². The summed E-state index contributed by atoms with van der Waals surface area (Å²) in [6.07, 6.45) is -7.26. The van der Waals surface area contributed by atoms with Gasteiger partial charge in [0.05, 0.1) is 10.9 Å². The average Bonchev–Trinajstić information content (AvgIpc) is 2.92. The number of rotatable bonds is 8. The van der Waals surface area contributed by atoms with Gasteiger partial charge in [0.15, 0.2) is 18.0 Å². The quantitative estimate of drug-likeness (QED) is 0.286. The van der Waals surface area contributed by atoms with Gasteiger partial charge in [-0.1, -0.05) is 42.5 Å². The predicted molar refractivity (Wildman–Crippen MR) is 140 cm³/mol. The molecule has 216 valence electrons. The van der Waals surface area contributed by atoms with Gasteiger partial charge in [0.2, 0.25) is 6.10 Å². The maximum Gasteiger partial charge on any atom is 0.303 e. The second kappa shape index (κ2) is 12.6. The minimum atomic E-state index is -1.63. The molecule has 5 atom stereocenters. The first-order chi connectivity index (χ1) is 19.5. The summed E-state index contributed by atoms with van der Waals surface area (Å²) in [6.45, 7) is 4.03. The van der Waals surface area contributed by atoms with E-state index in [2.05, 4.69) is 4.98 Å². The van der Waals surface area contributed by atoms with Crippen LogP contribution in [0.3, 0.4) is 0 Å². The molecule has 13 heteroatoms. The topological polar surface area (TPSA) is 159 Å². The first-order valence-corrected chi connectivity index (χ1v) is 12.6. The first kappa shape index (κ1) is 29.2. The van der Waals surface area contributed by atoms with E-state index in [-0.39, 0.29) is 11.2 Å². The molecule has 1 aliphatic rings. The van der Waals surface area contributed by atoms with Gasteiger partial charge in [-0.05, 0) is 12.1 Å². The monoisotopic (exact) mass is 568 g/mol. The van der Waals surface area contributed by atoms with Crippen molar-refractivity contribution in [2.45, 2.75) is 58.4 Å². The third-order valence-corrected chi connectivity index (χ3v) is 5.93. The summed E-state index contributed by atoms with van der Waals surface area (Å²) in [5, 5.41) is 0.220. The summed E-state index contributed by atoms with van der Waals surface area (Å²) in [4.78, 5) is 72.2. The molecule has 3 aromatic rings. The van der Waals surface area contributed by atoms with Crippen LogP contribution in [-0.2, 0) is 42.9 Å². The van der Waals surface area contributed by atoms with E-state index in [0.717, 1.165) is 32.4 Å². The molecule has 13 nitrogen and oxygen atoms in total. The highest BCUT2D eigenvalue weighted by atomic mass is 16.8. The Balaban J connectivity index is 1.86. The molecule has 41 heavy (non-hydrogen) atoms. The Bertz CT molecular complexity index is 1500. The van der Waals surface area contributed by atoms with Gasteiger partial charge in [-0.15, -0.1) is 4.73 Å². The zero-order valence-electron chi connectivity index (χ0n) is 22.7. The van der Waals surface area contributed by atoms with Crippen molar-refractivity contribution in [3.63, 3.8) is 0 Å². The van der Waals surface area contributed by atoms with Crippen molar-refractivity contribution < 1.29 is 47.7 Å². The summed E-state index contributed by atoms with van der Waals surface area (Å²) in [6, 6.07) is 15.3. The second-order valence-corrected chi connectivity index (χ2v) is 9.09. The lowest BCUT2D eigenvalue weighted by molar-refractivity contribution is -0.307. The van der Waals surface area contributed by atoms with Crippen molar-refractivity contribution in [1.82, 2.24) is 9.71 Å². The third-order valence-electron chi connectivity index (χ3n) is 5.93. The van der Waals surface area contributed by atoms with Crippen LogP contribution in [0.25, 0.3) is 22.3 Å². The van der Waals surface area contributed by atoms with Crippen molar-refractivity contribution >= 4 is 34.8 Å². The number of benzene rings is 2. The van der Waals surface area contributed by atoms with Crippen molar-refractivity contribution in [1.29, 1.82) is 0 Å². The minimum Gasteiger partial charge on any atom is -0.463 e. The molecule has 2 heterocycles. The Morgan fingerprint density at radius 1 is 0.780 bits per heavy atom. The lowest BCUT2D eigenvalue weighted by Crippen LogP contribution is -2.64. The molecule has 0 radical (unpaired) electrons. The molecule has 4 rings (SSSR count). The van der Waals surface area contributed by atoms with Crippen molar-refractivity contribution in [2.75, 3.05) is 6.61 Å². The number of hydrogen-bond donors (Lipinski definition) is 0. The van der Waals surface area contributed by atoms with Crippen LogP contribution < -0.4 is 10.4 Å². The van der Waals surface area contributed by atoms with Crippen molar-refractivity contribution in [3.05, 3.63) is 65.0 Å². The van der Waals surface area contributed by atoms with E-state index in [4.69, 9.17) is 28.5 Å². The summed E-state index contributed by atoms with van der Waals surface area (Å²) >= 11 is 0. The predicted octanol–water partition coefficient (Wildman–Crippen LogP) is 1.58. The lowest BCUT2D eigenvalue weighted by atomic mass is 9.98. The molecular formula is C28H28N2O11. The van der Waals surface area contributed by atoms with Crippen LogP contribution in [0, 0.1) is 0 Å². The standard InChI is InChI=1S/C28H28N2O11/c1-15(31)36-14-22-23(37-16(2)32)24(38-17(3)33)25(39-18(4)34)28(40-22)41-30-26(19-10-6-5-7-11-19)29-21-13-9-8-12-20(21)27(30)35/h5-13,22-25,28H,14H2,1-4H3/t22-,23+,24+,25-,28?/m1/s1. The van der Waals surface area contributed by atoms with Crippen LogP contribution in [0.1, 0.15) is 27.7 Å². The number of esters is 4. The highest BCUT2D eigenvalue weighted by Gasteiger charge is 2.54. The van der Waals surface area contributed by atoms with E-state index in [1.165, 1.54) is 0 Å². The molecule has 1 saturated heterocycles. The number of aromatic nitrogens is 2. The number of fused-ring (bicyclic) bond motifs is 1. The number of para-hydroxylation sites is 1. The highest BCUT2D eigenvalue weighted by Crippen LogP contribution is 2.30. The summed E-state index contributed by atoms with van der Waals surface area (Å²) in [5.74, 6) is -2.95. The molecule has 0 N–H and O–H groups in total. The number of nitrogens with zero attached hydrogens (tertiary/aromatic N) is 2. The van der Waals surface area contributed by atoms with Crippen molar-refractivity contribution in [3.8, 4) is 11.4 Å². The molecule has 2 aromatic carbocycles. The van der Waals surface area contributed by atoms with Gasteiger partial charge < -0.3 is 28.5 Å². The number of ether oxygens (including phenoxy) is 5. The van der Waals surface area contributed by atoms with Crippen LogP contribution in [0.5, 0.6) is 0 Å². The van der Waals surface area contributed by atoms with Crippen LogP contribution in [-0.4, -0.2) is 70.9 Å². The Kier molecular flexibility index (Phi) is 8.97. The Morgan fingerprint density at radius 3 is 2.00 bits per heavy atom. The molecular weight excluding hydrogens is 540 g/mol. The normalized spacial score (nSPS) is 21.9. The van der Waals surface area contributed by atoms with Crippen LogP contribution in [0.2, 0.25) is 0 Å². The van der Waals surface area contributed by atoms with E-state index in [1.54, 1.807) is 54.6 Å². The first-order valence-electron chi connectivity index (χ1n) is 12.6. The molecule has 0 saturated carbocycles. The smallest absolute Gasteiger partial charge is 0.303 e. The van der Waals surface area contributed by atoms with E-state index >= 15 is 0 Å². The van der Waals surface area contributed by atoms with Gasteiger partial charge in [-0.2, -0.15) is 0 Å². The van der Waals surface area contributed by atoms with Crippen molar-refractivity contribution in [2.24, 2.45) is 0 Å². The summed E-state index contributed by atoms with van der Waals surface area (Å²) in [5.41, 5.74) is 0.307. The zero-order chi connectivity index (χ0) is 29.7. The van der Waals surface area contributed by atoms with Crippen LogP contribution in [0.4, 0.5) is 0 Å². The minimum absolute atomic E-state index is 0.0992. The highest BCUT2D eigenvalue weighted by molar-refractivity contribution is 5.79. The molecule has 1 unspecified atom stereocenters. The van der Waals surface area contributed by atoms with E-state index in [9.17, 15) is 24.0 Å². The third kappa shape index (κ3) is 6.87. The van der Waals surface area contributed by atoms with E-state index < -0.39 is 66.7 Å². The fourth-order valence-electron chi connectivity index (χ4n) is 4.36. The Morgan fingerprint density at radius 2 is 1.37 bits per heavy atom. The van der Waals surface area contributed by atoms with Gasteiger partial charge in [-0.25, -0.2) is 4.98 Å². The number of hydrogen-bond acceptors (Lipinski definition) is 12. The molecule has 0 bridgehead atoms. The lowest BCUT2D eigenvalue weighted by Gasteiger charge is -2.43. The number of carbonyl (C=O) groups excluding carboxylic acids is 4. The van der Waals surface area contributed by atoms with Gasteiger partial charge in [-0.3, -0.25) is 24.0 Å². The summed E-state index contributed by atoms with van der Waals surface area (Å²) < 4.78 is 28.3. The molecule has 0 amide bonds. The Hall–Kier alpha value is -4.78. The fraction of sp³-hybridized carbons (Fsp3) is 0.357. The van der Waals surface area contributed by atoms with Gasteiger partial charge in [0.1, 0.15) is 12.7 Å². The molecule has 1 aromatic heterocycles. The van der Waals surface area contributed by atoms with Gasteiger partial charge in [0, 0.05) is 33.3 Å². The largest absolute Gasteiger partial charge is 0.463 e. The molecule has 0 spiro atoms. The zero-order valence-corrected chi connectivity index (χ0v) is 22.7. The van der Waals surface area contributed by atoms with Crippen LogP contribution in [0.15, 0.2) is 59.4 Å². The van der Waals surface area contributed by atoms with E-state index in [1.807, 2.05) is 0 Å². The second-order valence-electron chi connectivity index (χ2n) is 9.09. The van der Waals surface area contributed by atoms with Crippen LogP contribution >= 0.6 is 0 Å². The SMILES string of the molecule is CC(=O)OC[C@H]1OC(On2c(-c3ccccc3)nc3ccccc3c2=O)[C@H](OC(C)=O)[C@@H](OC(C)=O)[C@H]1OC(C)=O. The molecule has 0 aliphatic carbocycles. The number of carbonyl (C=O) groups is 4. The van der Waals surface area contributed by atoms with E-state index in [0.29, 0.717) is 11.1 Å². The maximum atomic E-state index is 13.7. The molecule has 1 aliphatic heterocycles.